The number of fused-ring (bicyclic) bond motifs is 1. The zero-order valence-corrected chi connectivity index (χ0v) is 12.0. The molecule has 1 N–H and O–H groups in total. The van der Waals surface area contributed by atoms with Crippen LogP contribution in [0, 0.1) is 0 Å². The minimum Gasteiger partial charge on any atom is -0.381 e. The summed E-state index contributed by atoms with van der Waals surface area (Å²) in [7, 11) is 0. The molecule has 1 fully saturated rings. The Kier molecular flexibility index (Phi) is 2.92. The van der Waals surface area contributed by atoms with Crippen molar-refractivity contribution in [3.8, 4) is 0 Å². The highest BCUT2D eigenvalue weighted by Crippen LogP contribution is 2.39. The molecule has 0 radical (unpaired) electrons. The summed E-state index contributed by atoms with van der Waals surface area (Å²) < 4.78 is 1.24. The van der Waals surface area contributed by atoms with Crippen molar-refractivity contribution in [1.82, 2.24) is 4.98 Å². The van der Waals surface area contributed by atoms with Gasteiger partial charge in [0.2, 0.25) is 0 Å². The molecule has 2 nitrogen and oxygen atoms in total. The molecule has 0 aliphatic heterocycles. The van der Waals surface area contributed by atoms with E-state index in [2.05, 4.69) is 52.8 Å². The molecule has 100 valence electrons. The average molecular weight is 280 g/mol. The van der Waals surface area contributed by atoms with Crippen molar-refractivity contribution in [2.24, 2.45) is 0 Å². The van der Waals surface area contributed by atoms with Gasteiger partial charge in [-0.2, -0.15) is 0 Å². The molecular formula is C17H16N2S. The van der Waals surface area contributed by atoms with E-state index in [0.717, 1.165) is 23.7 Å². The van der Waals surface area contributed by atoms with Gasteiger partial charge in [-0.25, -0.2) is 4.98 Å². The first kappa shape index (κ1) is 11.9. The number of benzene rings is 2. The first-order valence-electron chi connectivity index (χ1n) is 7.04. The summed E-state index contributed by atoms with van der Waals surface area (Å²) >= 11 is 1.68. The van der Waals surface area contributed by atoms with Crippen molar-refractivity contribution in [2.45, 2.75) is 25.3 Å². The van der Waals surface area contributed by atoms with Crippen molar-refractivity contribution in [3.05, 3.63) is 59.1 Å². The van der Waals surface area contributed by atoms with Gasteiger partial charge in [-0.3, -0.25) is 0 Å². The zero-order valence-electron chi connectivity index (χ0n) is 11.2. The molecule has 1 aliphatic rings. The van der Waals surface area contributed by atoms with Gasteiger partial charge in [0, 0.05) is 12.2 Å². The number of thiazole rings is 1. The highest BCUT2D eigenvalue weighted by atomic mass is 32.1. The Bertz CT molecular complexity index is 726. The lowest BCUT2D eigenvalue weighted by molar-refractivity contribution is 1.10. The maximum Gasteiger partial charge on any atom is 0.0813 e. The first-order valence-corrected chi connectivity index (χ1v) is 7.92. The summed E-state index contributed by atoms with van der Waals surface area (Å²) in [4.78, 5) is 4.30. The first-order chi connectivity index (χ1) is 9.88. The van der Waals surface area contributed by atoms with E-state index in [-0.39, 0.29) is 0 Å². The van der Waals surface area contributed by atoms with E-state index in [0.29, 0.717) is 0 Å². The molecule has 1 aromatic heterocycles. The number of rotatable bonds is 4. The van der Waals surface area contributed by atoms with Gasteiger partial charge in [-0.15, -0.1) is 11.3 Å². The summed E-state index contributed by atoms with van der Waals surface area (Å²) in [5.74, 6) is 0.839. The molecule has 0 unspecified atom stereocenters. The molecule has 1 heterocycles. The number of hydrogen-bond donors (Lipinski definition) is 1. The quantitative estimate of drug-likeness (QED) is 0.743. The lowest BCUT2D eigenvalue weighted by Crippen LogP contribution is -1.99. The van der Waals surface area contributed by atoms with Crippen LogP contribution in [0.5, 0.6) is 0 Å². The van der Waals surface area contributed by atoms with Gasteiger partial charge in [0.15, 0.2) is 0 Å². The number of nitrogens with zero attached hydrogens (tertiary/aromatic N) is 1. The predicted octanol–water partition coefficient (Wildman–Crippen LogP) is 4.79. The Morgan fingerprint density at radius 3 is 2.75 bits per heavy atom. The summed E-state index contributed by atoms with van der Waals surface area (Å²) in [5, 5.41) is 3.49. The third-order valence-corrected chi connectivity index (χ3v) is 4.65. The fourth-order valence-electron chi connectivity index (χ4n) is 2.49. The second kappa shape index (κ2) is 4.91. The molecule has 0 atom stereocenters. The highest BCUT2D eigenvalue weighted by molar-refractivity contribution is 7.16. The molecular weight excluding hydrogens is 264 g/mol. The minimum atomic E-state index is 0.839. The monoisotopic (exact) mass is 280 g/mol. The largest absolute Gasteiger partial charge is 0.381 e. The number of nitrogens with one attached hydrogen (secondary N) is 1. The van der Waals surface area contributed by atoms with Gasteiger partial charge < -0.3 is 5.32 Å². The van der Waals surface area contributed by atoms with Crippen LogP contribution in [0.2, 0.25) is 0 Å². The molecule has 3 heteroatoms. The highest BCUT2D eigenvalue weighted by Gasteiger charge is 2.22. The van der Waals surface area contributed by atoms with Crippen molar-refractivity contribution < 1.29 is 0 Å². The van der Waals surface area contributed by atoms with Crippen LogP contribution in [0.15, 0.2) is 48.0 Å². The van der Waals surface area contributed by atoms with Crippen molar-refractivity contribution in [3.63, 3.8) is 0 Å². The molecule has 20 heavy (non-hydrogen) atoms. The predicted molar refractivity (Wildman–Crippen MR) is 85.4 cm³/mol. The Morgan fingerprint density at radius 2 is 1.95 bits per heavy atom. The summed E-state index contributed by atoms with van der Waals surface area (Å²) in [6, 6.07) is 15.4. The maximum absolute atomic E-state index is 4.30. The molecule has 0 spiro atoms. The van der Waals surface area contributed by atoms with Crippen molar-refractivity contribution in [1.29, 1.82) is 0 Å². The minimum absolute atomic E-state index is 0.839. The van der Waals surface area contributed by atoms with E-state index >= 15 is 0 Å². The van der Waals surface area contributed by atoms with Crippen LogP contribution >= 0.6 is 11.3 Å². The fraction of sp³-hybridized carbons (Fsp3) is 0.235. The fourth-order valence-corrected chi connectivity index (χ4v) is 3.21. The molecule has 3 aromatic rings. The average Bonchev–Trinajstić information content (AvgIpc) is 3.23. The Labute approximate surface area is 122 Å². The molecule has 2 aromatic carbocycles. The van der Waals surface area contributed by atoms with E-state index in [1.807, 2.05) is 5.51 Å². The Morgan fingerprint density at radius 1 is 1.10 bits per heavy atom. The lowest BCUT2D eigenvalue weighted by Gasteiger charge is -2.07. The molecule has 0 amide bonds. The van der Waals surface area contributed by atoms with E-state index in [9.17, 15) is 0 Å². The van der Waals surface area contributed by atoms with Crippen LogP contribution in [0.1, 0.15) is 29.9 Å². The van der Waals surface area contributed by atoms with Crippen LogP contribution in [-0.2, 0) is 6.54 Å². The van der Waals surface area contributed by atoms with E-state index in [1.54, 1.807) is 11.3 Å². The van der Waals surface area contributed by atoms with Crippen LogP contribution in [0.3, 0.4) is 0 Å². The number of anilines is 1. The van der Waals surface area contributed by atoms with Crippen LogP contribution < -0.4 is 5.32 Å². The van der Waals surface area contributed by atoms with Crippen LogP contribution in [0.4, 0.5) is 5.69 Å². The molecule has 1 saturated carbocycles. The number of hydrogen-bond acceptors (Lipinski definition) is 3. The van der Waals surface area contributed by atoms with Gasteiger partial charge in [-0.1, -0.05) is 24.3 Å². The van der Waals surface area contributed by atoms with E-state index in [1.165, 1.54) is 28.7 Å². The second-order valence-electron chi connectivity index (χ2n) is 5.40. The van der Waals surface area contributed by atoms with E-state index < -0.39 is 0 Å². The zero-order chi connectivity index (χ0) is 13.4. The third kappa shape index (κ3) is 2.41. The molecule has 0 saturated heterocycles. The topological polar surface area (TPSA) is 24.9 Å². The van der Waals surface area contributed by atoms with Gasteiger partial charge in [0.25, 0.3) is 0 Å². The lowest BCUT2D eigenvalue weighted by atomic mass is 10.1. The van der Waals surface area contributed by atoms with Crippen LogP contribution in [-0.4, -0.2) is 4.98 Å². The Hall–Kier alpha value is -1.87. The smallest absolute Gasteiger partial charge is 0.0813 e. The molecule has 1 aliphatic carbocycles. The summed E-state index contributed by atoms with van der Waals surface area (Å²) in [6.07, 6.45) is 2.74. The van der Waals surface area contributed by atoms with Crippen molar-refractivity contribution >= 4 is 27.2 Å². The Balaban J connectivity index is 1.45. The standard InChI is InChI=1S/C17H16N2S/c1-3-13(14-5-6-14)4-2-12(1)10-18-15-7-8-16-17(9-15)20-11-19-16/h1-4,7-9,11,14,18H,5-6,10H2. The number of aromatic nitrogens is 1. The van der Waals surface area contributed by atoms with Gasteiger partial charge in [-0.05, 0) is 48.1 Å². The summed E-state index contributed by atoms with van der Waals surface area (Å²) in [5.41, 5.74) is 6.96. The van der Waals surface area contributed by atoms with Crippen LogP contribution in [0.25, 0.3) is 10.2 Å². The molecule has 4 rings (SSSR count). The normalized spacial score (nSPS) is 14.6. The SMILES string of the molecule is c1nc2ccc(NCc3ccc(C4CC4)cc3)cc2s1. The summed E-state index contributed by atoms with van der Waals surface area (Å²) in [6.45, 7) is 0.870. The third-order valence-electron chi connectivity index (χ3n) is 3.86. The maximum atomic E-state index is 4.30. The van der Waals surface area contributed by atoms with E-state index in [4.69, 9.17) is 0 Å². The van der Waals surface area contributed by atoms with Crippen molar-refractivity contribution in [2.75, 3.05) is 5.32 Å². The van der Waals surface area contributed by atoms with Gasteiger partial charge in [0.1, 0.15) is 0 Å². The van der Waals surface area contributed by atoms with Gasteiger partial charge >= 0.3 is 0 Å². The second-order valence-corrected chi connectivity index (χ2v) is 6.29. The van der Waals surface area contributed by atoms with Gasteiger partial charge in [0.05, 0.1) is 15.7 Å². The molecule has 0 bridgehead atoms.